The molecule has 0 aliphatic carbocycles. The van der Waals surface area contributed by atoms with Crippen LogP contribution >= 0.6 is 11.6 Å². The Bertz CT molecular complexity index is 582. The van der Waals surface area contributed by atoms with Gasteiger partial charge >= 0.3 is 0 Å². The summed E-state index contributed by atoms with van der Waals surface area (Å²) in [5.41, 5.74) is 0.631. The third-order valence-corrected chi connectivity index (χ3v) is 5.05. The van der Waals surface area contributed by atoms with Crippen LogP contribution in [-0.2, 0) is 4.79 Å². The molecule has 1 atom stereocenters. The van der Waals surface area contributed by atoms with E-state index < -0.39 is 0 Å². The fraction of sp³-hybridized carbons (Fsp3) is 0.556. The Morgan fingerprint density at radius 1 is 1.00 bits per heavy atom. The molecule has 1 aromatic carbocycles. The number of rotatable bonds is 2. The summed E-state index contributed by atoms with van der Waals surface area (Å²) in [7, 11) is 0. The fourth-order valence-electron chi connectivity index (χ4n) is 3.46. The van der Waals surface area contributed by atoms with Crippen LogP contribution in [-0.4, -0.2) is 60.9 Å². The molecule has 130 valence electrons. The van der Waals surface area contributed by atoms with E-state index in [4.69, 9.17) is 11.6 Å². The molecule has 0 radical (unpaired) electrons. The Morgan fingerprint density at radius 2 is 1.75 bits per heavy atom. The van der Waals surface area contributed by atoms with Gasteiger partial charge < -0.3 is 15.1 Å². The summed E-state index contributed by atoms with van der Waals surface area (Å²) in [6.07, 6.45) is 2.74. The molecule has 2 aliphatic rings. The molecule has 2 aliphatic heterocycles. The molecule has 2 saturated heterocycles. The number of benzene rings is 1. The van der Waals surface area contributed by atoms with E-state index in [9.17, 15) is 9.59 Å². The number of hydrogen-bond donors (Lipinski definition) is 1. The molecular formula is C18H24ClN3O2. The molecule has 3 rings (SSSR count). The summed E-state index contributed by atoms with van der Waals surface area (Å²) >= 11 is 5.89. The predicted octanol–water partition coefficient (Wildman–Crippen LogP) is 2.01. The molecule has 2 fully saturated rings. The number of halogens is 1. The first-order valence-corrected chi connectivity index (χ1v) is 9.07. The monoisotopic (exact) mass is 349 g/mol. The van der Waals surface area contributed by atoms with Gasteiger partial charge in [-0.1, -0.05) is 11.6 Å². The number of nitrogens with one attached hydrogen (secondary N) is 1. The summed E-state index contributed by atoms with van der Waals surface area (Å²) in [6.45, 7) is 4.63. The van der Waals surface area contributed by atoms with E-state index in [1.54, 1.807) is 24.3 Å². The number of carbonyl (C=O) groups is 2. The molecule has 5 nitrogen and oxygen atoms in total. The number of likely N-dealkylation sites (tertiary alicyclic amines) is 1. The molecule has 6 heteroatoms. The van der Waals surface area contributed by atoms with E-state index in [1.807, 2.05) is 9.80 Å². The SMILES string of the molecule is O=C(c1ccc(Cl)cc1)N1CCCC(C(=O)N2CCCNCC2)C1. The Labute approximate surface area is 147 Å². The molecule has 1 N–H and O–H groups in total. The first-order chi connectivity index (χ1) is 11.6. The second-order valence-corrected chi connectivity index (χ2v) is 6.96. The minimum Gasteiger partial charge on any atom is -0.341 e. The van der Waals surface area contributed by atoms with Crippen LogP contribution in [0.5, 0.6) is 0 Å². The lowest BCUT2D eigenvalue weighted by Crippen LogP contribution is -2.47. The molecule has 24 heavy (non-hydrogen) atoms. The standard InChI is InChI=1S/C18H24ClN3O2/c19-16-6-4-14(5-7-16)17(23)22-10-1-3-15(13-22)18(24)21-11-2-8-20-9-12-21/h4-7,15,20H,1-3,8-13H2. The molecular weight excluding hydrogens is 326 g/mol. The van der Waals surface area contributed by atoms with E-state index in [2.05, 4.69) is 5.32 Å². The Kier molecular flexibility index (Phi) is 5.74. The van der Waals surface area contributed by atoms with Crippen molar-refractivity contribution >= 4 is 23.4 Å². The van der Waals surface area contributed by atoms with Gasteiger partial charge in [-0.15, -0.1) is 0 Å². The average molecular weight is 350 g/mol. The van der Waals surface area contributed by atoms with Gasteiger partial charge in [-0.25, -0.2) is 0 Å². The second-order valence-electron chi connectivity index (χ2n) is 6.53. The van der Waals surface area contributed by atoms with Crippen LogP contribution in [0.1, 0.15) is 29.6 Å². The van der Waals surface area contributed by atoms with Crippen LogP contribution < -0.4 is 5.32 Å². The molecule has 0 aromatic heterocycles. The van der Waals surface area contributed by atoms with Gasteiger partial charge in [0.2, 0.25) is 5.91 Å². The highest BCUT2D eigenvalue weighted by Crippen LogP contribution is 2.21. The van der Waals surface area contributed by atoms with Crippen molar-refractivity contribution in [2.24, 2.45) is 5.92 Å². The topological polar surface area (TPSA) is 52.7 Å². The zero-order valence-electron chi connectivity index (χ0n) is 13.8. The Balaban J connectivity index is 1.64. The molecule has 1 aromatic rings. The normalized spacial score (nSPS) is 22.1. The number of amides is 2. The van der Waals surface area contributed by atoms with E-state index in [0.29, 0.717) is 23.7 Å². The first-order valence-electron chi connectivity index (χ1n) is 8.69. The average Bonchev–Trinajstić information content (AvgIpc) is 2.90. The summed E-state index contributed by atoms with van der Waals surface area (Å²) in [5, 5.41) is 3.94. The summed E-state index contributed by atoms with van der Waals surface area (Å²) < 4.78 is 0. The van der Waals surface area contributed by atoms with Crippen molar-refractivity contribution in [1.82, 2.24) is 15.1 Å². The molecule has 2 amide bonds. The van der Waals surface area contributed by atoms with Crippen molar-refractivity contribution < 1.29 is 9.59 Å². The lowest BCUT2D eigenvalue weighted by atomic mass is 9.95. The predicted molar refractivity (Wildman–Crippen MR) is 94.1 cm³/mol. The van der Waals surface area contributed by atoms with Crippen LogP contribution in [0.25, 0.3) is 0 Å². The summed E-state index contributed by atoms with van der Waals surface area (Å²) in [4.78, 5) is 29.2. The Morgan fingerprint density at radius 3 is 2.54 bits per heavy atom. The van der Waals surface area contributed by atoms with Gasteiger partial charge in [-0.2, -0.15) is 0 Å². The lowest BCUT2D eigenvalue weighted by molar-refractivity contribution is -0.136. The maximum atomic E-state index is 12.8. The second kappa shape index (κ2) is 7.99. The van der Waals surface area contributed by atoms with E-state index in [0.717, 1.165) is 45.4 Å². The minimum absolute atomic E-state index is 0.0123. The third kappa shape index (κ3) is 4.08. The zero-order chi connectivity index (χ0) is 16.9. The number of hydrogen-bond acceptors (Lipinski definition) is 3. The molecule has 0 saturated carbocycles. The van der Waals surface area contributed by atoms with Crippen molar-refractivity contribution in [3.8, 4) is 0 Å². The smallest absolute Gasteiger partial charge is 0.253 e. The quantitative estimate of drug-likeness (QED) is 0.888. The number of nitrogens with zero attached hydrogens (tertiary/aromatic N) is 2. The maximum absolute atomic E-state index is 12.8. The van der Waals surface area contributed by atoms with Crippen LogP contribution in [0.4, 0.5) is 0 Å². The lowest BCUT2D eigenvalue weighted by Gasteiger charge is -2.34. The number of carbonyl (C=O) groups excluding carboxylic acids is 2. The van der Waals surface area contributed by atoms with Crippen molar-refractivity contribution in [1.29, 1.82) is 0 Å². The summed E-state index contributed by atoms with van der Waals surface area (Å²) in [5.74, 6) is 0.113. The number of piperidine rings is 1. The van der Waals surface area contributed by atoms with Gasteiger partial charge in [0, 0.05) is 43.3 Å². The van der Waals surface area contributed by atoms with Gasteiger partial charge in [0.1, 0.15) is 0 Å². The van der Waals surface area contributed by atoms with Crippen LogP contribution in [0.3, 0.4) is 0 Å². The Hall–Kier alpha value is -1.59. The molecule has 1 unspecified atom stereocenters. The van der Waals surface area contributed by atoms with Crippen molar-refractivity contribution in [2.75, 3.05) is 39.3 Å². The largest absolute Gasteiger partial charge is 0.341 e. The molecule has 0 spiro atoms. The fourth-order valence-corrected chi connectivity index (χ4v) is 3.59. The van der Waals surface area contributed by atoms with E-state index >= 15 is 0 Å². The highest BCUT2D eigenvalue weighted by molar-refractivity contribution is 6.30. The van der Waals surface area contributed by atoms with Gasteiger partial charge in [0.05, 0.1) is 5.92 Å². The summed E-state index contributed by atoms with van der Waals surface area (Å²) in [6, 6.07) is 6.95. The highest BCUT2D eigenvalue weighted by Gasteiger charge is 2.31. The molecule has 2 heterocycles. The van der Waals surface area contributed by atoms with Gasteiger partial charge in [-0.05, 0) is 50.1 Å². The van der Waals surface area contributed by atoms with Crippen molar-refractivity contribution in [3.63, 3.8) is 0 Å². The van der Waals surface area contributed by atoms with Gasteiger partial charge in [-0.3, -0.25) is 9.59 Å². The maximum Gasteiger partial charge on any atom is 0.253 e. The zero-order valence-corrected chi connectivity index (χ0v) is 14.6. The van der Waals surface area contributed by atoms with E-state index in [1.165, 1.54) is 0 Å². The minimum atomic E-state index is -0.0758. The van der Waals surface area contributed by atoms with Crippen molar-refractivity contribution in [3.05, 3.63) is 34.9 Å². The van der Waals surface area contributed by atoms with Crippen LogP contribution in [0.2, 0.25) is 5.02 Å². The highest BCUT2D eigenvalue weighted by atomic mass is 35.5. The first kappa shape index (κ1) is 17.2. The van der Waals surface area contributed by atoms with Crippen LogP contribution in [0.15, 0.2) is 24.3 Å². The van der Waals surface area contributed by atoms with Gasteiger partial charge in [0.15, 0.2) is 0 Å². The van der Waals surface area contributed by atoms with Gasteiger partial charge in [0.25, 0.3) is 5.91 Å². The van der Waals surface area contributed by atoms with E-state index in [-0.39, 0.29) is 17.7 Å². The third-order valence-electron chi connectivity index (χ3n) is 4.80. The van der Waals surface area contributed by atoms with Crippen LogP contribution in [0, 0.1) is 5.92 Å². The molecule has 0 bridgehead atoms. The van der Waals surface area contributed by atoms with Crippen molar-refractivity contribution in [2.45, 2.75) is 19.3 Å².